The fourth-order valence-corrected chi connectivity index (χ4v) is 2.61. The predicted molar refractivity (Wildman–Crippen MR) is 97.0 cm³/mol. The SMILES string of the molecule is Cl.O=C(Nc1cccc(CNCc2c(F)cccc2Cl)c1)C1CC1. The number of carbonyl (C=O) groups is 1. The Kier molecular flexibility index (Phi) is 6.60. The van der Waals surface area contributed by atoms with Gasteiger partial charge in [0.15, 0.2) is 0 Å². The van der Waals surface area contributed by atoms with Crippen molar-refractivity contribution < 1.29 is 9.18 Å². The molecule has 0 spiro atoms. The Morgan fingerprint density at radius 1 is 1.17 bits per heavy atom. The van der Waals surface area contributed by atoms with Gasteiger partial charge in [-0.05, 0) is 42.7 Å². The Morgan fingerprint density at radius 3 is 2.62 bits per heavy atom. The molecule has 1 amide bonds. The van der Waals surface area contributed by atoms with Gasteiger partial charge in [-0.2, -0.15) is 0 Å². The highest BCUT2D eigenvalue weighted by atomic mass is 35.5. The van der Waals surface area contributed by atoms with E-state index in [1.54, 1.807) is 12.1 Å². The van der Waals surface area contributed by atoms with Gasteiger partial charge in [-0.3, -0.25) is 4.79 Å². The second-order valence-corrected chi connectivity index (χ2v) is 6.17. The van der Waals surface area contributed by atoms with Crippen LogP contribution in [-0.2, 0) is 17.9 Å². The molecule has 24 heavy (non-hydrogen) atoms. The van der Waals surface area contributed by atoms with Gasteiger partial charge < -0.3 is 10.6 Å². The molecule has 3 nitrogen and oxygen atoms in total. The minimum atomic E-state index is -0.310. The minimum absolute atomic E-state index is 0. The van der Waals surface area contributed by atoms with Crippen molar-refractivity contribution in [3.8, 4) is 0 Å². The van der Waals surface area contributed by atoms with Gasteiger partial charge in [-0.1, -0.05) is 29.8 Å². The lowest BCUT2D eigenvalue weighted by atomic mass is 10.1. The Labute approximate surface area is 152 Å². The van der Waals surface area contributed by atoms with E-state index >= 15 is 0 Å². The maximum absolute atomic E-state index is 13.7. The number of amides is 1. The molecule has 0 atom stereocenters. The van der Waals surface area contributed by atoms with E-state index in [0.29, 0.717) is 23.7 Å². The molecule has 1 fully saturated rings. The predicted octanol–water partition coefficient (Wildman–Crippen LogP) is 4.54. The number of anilines is 1. The lowest BCUT2D eigenvalue weighted by Crippen LogP contribution is -2.15. The van der Waals surface area contributed by atoms with E-state index in [1.807, 2.05) is 24.3 Å². The minimum Gasteiger partial charge on any atom is -0.326 e. The van der Waals surface area contributed by atoms with Gasteiger partial charge in [-0.25, -0.2) is 4.39 Å². The van der Waals surface area contributed by atoms with Gasteiger partial charge >= 0.3 is 0 Å². The summed E-state index contributed by atoms with van der Waals surface area (Å²) in [4.78, 5) is 11.8. The largest absolute Gasteiger partial charge is 0.326 e. The summed E-state index contributed by atoms with van der Waals surface area (Å²) < 4.78 is 13.7. The fourth-order valence-electron chi connectivity index (χ4n) is 2.38. The molecule has 0 unspecified atom stereocenters. The van der Waals surface area contributed by atoms with E-state index in [1.165, 1.54) is 6.07 Å². The summed E-state index contributed by atoms with van der Waals surface area (Å²) in [5.41, 5.74) is 2.28. The maximum atomic E-state index is 13.7. The summed E-state index contributed by atoms with van der Waals surface area (Å²) in [6, 6.07) is 12.3. The monoisotopic (exact) mass is 368 g/mol. The molecular weight excluding hydrogens is 350 g/mol. The molecule has 1 saturated carbocycles. The van der Waals surface area contributed by atoms with Crippen LogP contribution in [0.3, 0.4) is 0 Å². The molecule has 0 heterocycles. The molecular formula is C18H19Cl2FN2O. The molecule has 0 bridgehead atoms. The van der Waals surface area contributed by atoms with Gasteiger partial charge in [0.2, 0.25) is 5.91 Å². The Bertz CT molecular complexity index is 700. The summed E-state index contributed by atoms with van der Waals surface area (Å²) in [5.74, 6) is -0.0383. The van der Waals surface area contributed by atoms with E-state index in [9.17, 15) is 9.18 Å². The molecule has 0 radical (unpaired) electrons. The molecule has 128 valence electrons. The second-order valence-electron chi connectivity index (χ2n) is 5.77. The first kappa shape index (κ1) is 18.7. The Morgan fingerprint density at radius 2 is 1.92 bits per heavy atom. The summed E-state index contributed by atoms with van der Waals surface area (Å²) in [7, 11) is 0. The van der Waals surface area contributed by atoms with E-state index in [-0.39, 0.29) is 30.0 Å². The third kappa shape index (κ3) is 4.94. The first-order valence-corrected chi connectivity index (χ1v) is 8.04. The summed E-state index contributed by atoms with van der Waals surface area (Å²) in [5, 5.41) is 6.52. The van der Waals surface area contributed by atoms with Crippen molar-refractivity contribution in [2.45, 2.75) is 25.9 Å². The Hall–Kier alpha value is -1.62. The normalized spacial score (nSPS) is 13.2. The zero-order valence-electron chi connectivity index (χ0n) is 13.0. The van der Waals surface area contributed by atoms with Crippen LogP contribution in [0.5, 0.6) is 0 Å². The summed E-state index contributed by atoms with van der Waals surface area (Å²) >= 11 is 6.00. The summed E-state index contributed by atoms with van der Waals surface area (Å²) in [6.07, 6.45) is 1.97. The number of nitrogens with one attached hydrogen (secondary N) is 2. The van der Waals surface area contributed by atoms with E-state index in [2.05, 4.69) is 10.6 Å². The van der Waals surface area contributed by atoms with Crippen LogP contribution in [-0.4, -0.2) is 5.91 Å². The van der Waals surface area contributed by atoms with E-state index < -0.39 is 0 Å². The van der Waals surface area contributed by atoms with Crippen LogP contribution in [0.4, 0.5) is 10.1 Å². The zero-order chi connectivity index (χ0) is 16.2. The molecule has 0 saturated heterocycles. The van der Waals surface area contributed by atoms with Crippen molar-refractivity contribution in [1.82, 2.24) is 5.32 Å². The highest BCUT2D eigenvalue weighted by Crippen LogP contribution is 2.30. The molecule has 2 aromatic carbocycles. The zero-order valence-corrected chi connectivity index (χ0v) is 14.6. The number of hydrogen-bond acceptors (Lipinski definition) is 2. The van der Waals surface area contributed by atoms with Crippen molar-refractivity contribution in [1.29, 1.82) is 0 Å². The molecule has 6 heteroatoms. The van der Waals surface area contributed by atoms with Crippen LogP contribution in [0.2, 0.25) is 5.02 Å². The van der Waals surface area contributed by atoms with Gasteiger partial charge in [0.1, 0.15) is 5.82 Å². The van der Waals surface area contributed by atoms with Gasteiger partial charge in [0.05, 0.1) is 0 Å². The van der Waals surface area contributed by atoms with Crippen molar-refractivity contribution in [3.63, 3.8) is 0 Å². The van der Waals surface area contributed by atoms with Gasteiger partial charge in [0.25, 0.3) is 0 Å². The lowest BCUT2D eigenvalue weighted by Gasteiger charge is -2.10. The average molecular weight is 369 g/mol. The molecule has 2 N–H and O–H groups in total. The van der Waals surface area contributed by atoms with Crippen molar-refractivity contribution in [2.24, 2.45) is 5.92 Å². The smallest absolute Gasteiger partial charge is 0.227 e. The molecule has 2 aromatic rings. The third-order valence-corrected chi connectivity index (χ3v) is 4.19. The van der Waals surface area contributed by atoms with Crippen LogP contribution >= 0.6 is 24.0 Å². The molecule has 0 aromatic heterocycles. The van der Waals surface area contributed by atoms with Crippen molar-refractivity contribution >= 4 is 35.6 Å². The molecule has 1 aliphatic rings. The van der Waals surface area contributed by atoms with Crippen molar-refractivity contribution in [3.05, 3.63) is 64.4 Å². The topological polar surface area (TPSA) is 41.1 Å². The molecule has 1 aliphatic carbocycles. The lowest BCUT2D eigenvalue weighted by molar-refractivity contribution is -0.117. The highest BCUT2D eigenvalue weighted by Gasteiger charge is 2.29. The molecule has 0 aliphatic heterocycles. The van der Waals surface area contributed by atoms with Crippen LogP contribution in [0.1, 0.15) is 24.0 Å². The van der Waals surface area contributed by atoms with Crippen molar-refractivity contribution in [2.75, 3.05) is 5.32 Å². The van der Waals surface area contributed by atoms with E-state index in [4.69, 9.17) is 11.6 Å². The maximum Gasteiger partial charge on any atom is 0.227 e. The average Bonchev–Trinajstić information content (AvgIpc) is 3.35. The van der Waals surface area contributed by atoms with Crippen LogP contribution in [0, 0.1) is 11.7 Å². The number of benzene rings is 2. The van der Waals surface area contributed by atoms with Gasteiger partial charge in [-0.15, -0.1) is 12.4 Å². The fraction of sp³-hybridized carbons (Fsp3) is 0.278. The highest BCUT2D eigenvalue weighted by molar-refractivity contribution is 6.31. The van der Waals surface area contributed by atoms with Crippen LogP contribution < -0.4 is 10.6 Å². The second kappa shape index (κ2) is 8.47. The first-order chi connectivity index (χ1) is 11.1. The number of halogens is 3. The number of rotatable bonds is 6. The van der Waals surface area contributed by atoms with Crippen LogP contribution in [0.15, 0.2) is 42.5 Å². The Balaban J connectivity index is 0.00000208. The van der Waals surface area contributed by atoms with E-state index in [0.717, 1.165) is 24.1 Å². The van der Waals surface area contributed by atoms with Gasteiger partial charge in [0, 0.05) is 35.3 Å². The quantitative estimate of drug-likeness (QED) is 0.785. The number of carbonyl (C=O) groups excluding carboxylic acids is 1. The molecule has 3 rings (SSSR count). The standard InChI is InChI=1S/C18H18ClFN2O.ClH/c19-16-5-2-6-17(20)15(16)11-21-10-12-3-1-4-14(9-12)22-18(23)13-7-8-13;/h1-6,9,13,21H,7-8,10-11H2,(H,22,23);1H. The van der Waals surface area contributed by atoms with Crippen LogP contribution in [0.25, 0.3) is 0 Å². The first-order valence-electron chi connectivity index (χ1n) is 7.67. The third-order valence-electron chi connectivity index (χ3n) is 3.84. The number of hydrogen-bond donors (Lipinski definition) is 2. The summed E-state index contributed by atoms with van der Waals surface area (Å²) in [6.45, 7) is 0.919.